The van der Waals surface area contributed by atoms with Gasteiger partial charge in [0.05, 0.1) is 12.9 Å². The molecular weight excluding hydrogens is 452 g/mol. The van der Waals surface area contributed by atoms with E-state index in [2.05, 4.69) is 39.2 Å². The molecule has 6 nitrogen and oxygen atoms in total. The quantitative estimate of drug-likeness (QED) is 0.347. The number of thioether (sulfide) groups is 1. The summed E-state index contributed by atoms with van der Waals surface area (Å²) in [5.74, 6) is 3.04. The molecule has 0 aliphatic heterocycles. The van der Waals surface area contributed by atoms with Gasteiger partial charge in [-0.05, 0) is 61.7 Å². The van der Waals surface area contributed by atoms with E-state index < -0.39 is 0 Å². The van der Waals surface area contributed by atoms with Gasteiger partial charge in [-0.25, -0.2) is 0 Å². The summed E-state index contributed by atoms with van der Waals surface area (Å²) in [7, 11) is 1.67. The van der Waals surface area contributed by atoms with Gasteiger partial charge in [0.2, 0.25) is 5.91 Å². The summed E-state index contributed by atoms with van der Waals surface area (Å²) in [6.07, 6.45) is 5.67. The Bertz CT molecular complexity index is 1070. The summed E-state index contributed by atoms with van der Waals surface area (Å²) in [6.45, 7) is 2.72. The van der Waals surface area contributed by atoms with Crippen LogP contribution >= 0.6 is 23.1 Å². The number of carbonyl (C=O) groups is 1. The normalized spacial score (nSPS) is 16.5. The molecule has 5 rings (SSSR count). The van der Waals surface area contributed by atoms with E-state index in [9.17, 15) is 4.79 Å². The molecule has 2 aliphatic rings. The Labute approximate surface area is 203 Å². The third-order valence-electron chi connectivity index (χ3n) is 6.31. The minimum atomic E-state index is 0.0992. The van der Waals surface area contributed by atoms with Crippen molar-refractivity contribution in [1.82, 2.24) is 19.7 Å². The Kier molecular flexibility index (Phi) is 6.74. The molecule has 2 fully saturated rings. The van der Waals surface area contributed by atoms with Crippen LogP contribution in [0.5, 0.6) is 5.75 Å². The zero-order valence-corrected chi connectivity index (χ0v) is 20.8. The van der Waals surface area contributed by atoms with Gasteiger partial charge in [-0.15, -0.1) is 21.5 Å². The van der Waals surface area contributed by atoms with E-state index in [-0.39, 0.29) is 11.9 Å². The second-order valence-electron chi connectivity index (χ2n) is 9.01. The minimum Gasteiger partial charge on any atom is -0.497 e. The van der Waals surface area contributed by atoms with Crippen molar-refractivity contribution < 1.29 is 9.53 Å². The maximum atomic E-state index is 13.5. The number of aromatic nitrogens is 3. The standard InChI is InChI=1S/C25H30N4O2S2/c1-17(14-22-4-3-13-32-22)28(15-18-5-11-21(31-2)12-6-18)23(30)16-33-25-27-26-24(19-7-8-19)29(25)20-9-10-20/h3-6,11-13,17,19-20H,7-10,14-16H2,1-2H3. The number of carbonyl (C=O) groups excluding carboxylic acids is 1. The van der Waals surface area contributed by atoms with Gasteiger partial charge in [-0.3, -0.25) is 4.79 Å². The van der Waals surface area contributed by atoms with Gasteiger partial charge in [0.1, 0.15) is 11.6 Å². The van der Waals surface area contributed by atoms with Crippen molar-refractivity contribution >= 4 is 29.0 Å². The number of hydrogen-bond acceptors (Lipinski definition) is 6. The highest BCUT2D eigenvalue weighted by atomic mass is 32.2. The first-order valence-corrected chi connectivity index (χ1v) is 13.5. The number of hydrogen-bond donors (Lipinski definition) is 0. The molecule has 174 valence electrons. The second-order valence-corrected chi connectivity index (χ2v) is 11.0. The molecule has 0 spiro atoms. The molecule has 33 heavy (non-hydrogen) atoms. The van der Waals surface area contributed by atoms with Crippen molar-refractivity contribution in [2.75, 3.05) is 12.9 Å². The average molecular weight is 483 g/mol. The van der Waals surface area contributed by atoms with Crippen LogP contribution in [0.4, 0.5) is 0 Å². The zero-order valence-electron chi connectivity index (χ0n) is 19.1. The lowest BCUT2D eigenvalue weighted by molar-refractivity contribution is -0.131. The molecule has 1 amide bonds. The SMILES string of the molecule is COc1ccc(CN(C(=O)CSc2nnc(C3CC3)n2C2CC2)C(C)Cc2cccs2)cc1. The van der Waals surface area contributed by atoms with Crippen LogP contribution in [-0.4, -0.2) is 44.5 Å². The first-order valence-electron chi connectivity index (χ1n) is 11.6. The van der Waals surface area contributed by atoms with E-state index >= 15 is 0 Å². The van der Waals surface area contributed by atoms with Crippen molar-refractivity contribution in [1.29, 1.82) is 0 Å². The lowest BCUT2D eigenvalue weighted by Gasteiger charge is -2.29. The Morgan fingerprint density at radius 3 is 2.64 bits per heavy atom. The van der Waals surface area contributed by atoms with Gasteiger partial charge in [-0.2, -0.15) is 0 Å². The van der Waals surface area contributed by atoms with Crippen molar-refractivity contribution in [2.24, 2.45) is 0 Å². The molecule has 8 heteroatoms. The summed E-state index contributed by atoms with van der Waals surface area (Å²) in [4.78, 5) is 16.8. The molecule has 2 heterocycles. The first-order chi connectivity index (χ1) is 16.1. The van der Waals surface area contributed by atoms with Crippen molar-refractivity contribution in [2.45, 2.75) is 68.7 Å². The molecule has 0 bridgehead atoms. The number of thiophene rings is 1. The predicted octanol–water partition coefficient (Wildman–Crippen LogP) is 5.31. The number of methoxy groups -OCH3 is 1. The van der Waals surface area contributed by atoms with Crippen LogP contribution in [0.3, 0.4) is 0 Å². The highest BCUT2D eigenvalue weighted by molar-refractivity contribution is 7.99. The van der Waals surface area contributed by atoms with Gasteiger partial charge < -0.3 is 14.2 Å². The van der Waals surface area contributed by atoms with Crippen LogP contribution in [0.2, 0.25) is 0 Å². The molecule has 1 unspecified atom stereocenters. The fourth-order valence-corrected chi connectivity index (χ4v) is 5.86. The van der Waals surface area contributed by atoms with Gasteiger partial charge >= 0.3 is 0 Å². The van der Waals surface area contributed by atoms with Crippen LogP contribution in [0, 0.1) is 0 Å². The van der Waals surface area contributed by atoms with Crippen molar-refractivity contribution in [3.8, 4) is 5.75 Å². The molecule has 3 aromatic rings. The van der Waals surface area contributed by atoms with Gasteiger partial charge in [-0.1, -0.05) is 30.0 Å². The Morgan fingerprint density at radius 1 is 1.21 bits per heavy atom. The van der Waals surface area contributed by atoms with Gasteiger partial charge in [0, 0.05) is 35.8 Å². The molecule has 0 radical (unpaired) electrons. The zero-order chi connectivity index (χ0) is 22.8. The second kappa shape index (κ2) is 9.89. The molecule has 2 saturated carbocycles. The molecule has 0 N–H and O–H groups in total. The molecular formula is C25H30N4O2S2. The van der Waals surface area contributed by atoms with E-state index in [1.165, 1.54) is 30.6 Å². The maximum Gasteiger partial charge on any atom is 0.233 e. The van der Waals surface area contributed by atoms with E-state index in [0.717, 1.165) is 28.7 Å². The van der Waals surface area contributed by atoms with Crippen LogP contribution in [0.25, 0.3) is 0 Å². The molecule has 1 aromatic carbocycles. The van der Waals surface area contributed by atoms with Crippen LogP contribution in [-0.2, 0) is 17.8 Å². The lowest BCUT2D eigenvalue weighted by atomic mass is 10.1. The topological polar surface area (TPSA) is 60.2 Å². The van der Waals surface area contributed by atoms with Crippen LogP contribution in [0.15, 0.2) is 46.9 Å². The maximum absolute atomic E-state index is 13.5. The van der Waals surface area contributed by atoms with E-state index in [1.54, 1.807) is 30.2 Å². The molecule has 2 aromatic heterocycles. The van der Waals surface area contributed by atoms with E-state index in [1.807, 2.05) is 29.2 Å². The number of amides is 1. The summed E-state index contributed by atoms with van der Waals surface area (Å²) < 4.78 is 7.61. The predicted molar refractivity (Wildman–Crippen MR) is 132 cm³/mol. The number of nitrogens with zero attached hydrogens (tertiary/aromatic N) is 4. The third-order valence-corrected chi connectivity index (χ3v) is 8.14. The lowest BCUT2D eigenvalue weighted by Crippen LogP contribution is -2.40. The largest absolute Gasteiger partial charge is 0.497 e. The molecule has 2 aliphatic carbocycles. The summed E-state index contributed by atoms with van der Waals surface area (Å²) in [6, 6.07) is 12.8. The summed E-state index contributed by atoms with van der Waals surface area (Å²) >= 11 is 3.28. The fraction of sp³-hybridized carbons (Fsp3) is 0.480. The summed E-state index contributed by atoms with van der Waals surface area (Å²) in [5.41, 5.74) is 1.10. The van der Waals surface area contributed by atoms with Crippen molar-refractivity contribution in [3.63, 3.8) is 0 Å². The first kappa shape index (κ1) is 22.5. The van der Waals surface area contributed by atoms with Crippen molar-refractivity contribution in [3.05, 3.63) is 58.0 Å². The highest BCUT2D eigenvalue weighted by Crippen LogP contribution is 2.46. The number of rotatable bonds is 11. The Morgan fingerprint density at radius 2 is 2.00 bits per heavy atom. The smallest absolute Gasteiger partial charge is 0.233 e. The monoisotopic (exact) mass is 482 g/mol. The fourth-order valence-electron chi connectivity index (χ4n) is 4.14. The number of ether oxygens (including phenoxy) is 1. The Hall–Kier alpha value is -2.32. The Balaban J connectivity index is 1.30. The number of benzene rings is 1. The van der Waals surface area contributed by atoms with E-state index in [4.69, 9.17) is 4.74 Å². The highest BCUT2D eigenvalue weighted by Gasteiger charge is 2.36. The van der Waals surface area contributed by atoms with Gasteiger partial charge in [0.15, 0.2) is 5.16 Å². The molecule has 0 saturated heterocycles. The van der Waals surface area contributed by atoms with Crippen LogP contribution in [0.1, 0.15) is 60.8 Å². The third kappa shape index (κ3) is 5.44. The average Bonchev–Trinajstić information content (AvgIpc) is 3.76. The van der Waals surface area contributed by atoms with E-state index in [0.29, 0.717) is 24.3 Å². The van der Waals surface area contributed by atoms with Gasteiger partial charge in [0.25, 0.3) is 0 Å². The van der Waals surface area contributed by atoms with Crippen LogP contribution < -0.4 is 4.74 Å². The molecule has 1 atom stereocenters. The minimum absolute atomic E-state index is 0.0992. The summed E-state index contributed by atoms with van der Waals surface area (Å²) in [5, 5.41) is 12.0.